The maximum Gasteiger partial charge on any atom is -0.0533 e. The van der Waals surface area contributed by atoms with Crippen molar-refractivity contribution in [3.05, 3.63) is 0 Å². The summed E-state index contributed by atoms with van der Waals surface area (Å²) in [5.41, 5.74) is 0. The highest BCUT2D eigenvalue weighted by Gasteiger charge is 1.95. The van der Waals surface area contributed by atoms with Gasteiger partial charge in [0.15, 0.2) is 0 Å². The van der Waals surface area contributed by atoms with Gasteiger partial charge in [0.2, 0.25) is 0 Å². The highest BCUT2D eigenvalue weighted by Crippen LogP contribution is 2.15. The fourth-order valence-electron chi connectivity index (χ4n) is 0.250. The Morgan fingerprint density at radius 1 is 0.889 bits per heavy atom. The summed E-state index contributed by atoms with van der Waals surface area (Å²) < 4.78 is 0. The Hall–Kier alpha value is -0.440. The molecule has 0 unspecified atom stereocenters. The Bertz CT molecular complexity index is 35.2. The topological polar surface area (TPSA) is 0 Å². The third kappa shape index (κ3) is 18.4. The molecule has 0 aromatic carbocycles. The molecular weight excluding hydrogens is 108 g/mol. The average Bonchev–Trinajstić information content (AvgIpc) is 1.68. The van der Waals surface area contributed by atoms with Gasteiger partial charge >= 0.3 is 0 Å². The molecule has 0 bridgehead atoms. The zero-order valence-corrected chi connectivity index (χ0v) is 6.69. The summed E-state index contributed by atoms with van der Waals surface area (Å²) in [6.45, 7) is 4.25. The van der Waals surface area contributed by atoms with Crippen molar-refractivity contribution in [1.29, 1.82) is 0 Å². The molecule has 0 heterocycles. The van der Waals surface area contributed by atoms with Crippen LogP contribution in [0.15, 0.2) is 0 Å². The van der Waals surface area contributed by atoms with Crippen LogP contribution in [0.3, 0.4) is 0 Å². The monoisotopic (exact) mass is 126 g/mol. The predicted molar refractivity (Wildman–Crippen MR) is 44.3 cm³/mol. The van der Waals surface area contributed by atoms with Crippen molar-refractivity contribution < 1.29 is 0 Å². The third-order valence-corrected chi connectivity index (χ3v) is 1.000. The predicted octanol–water partition coefficient (Wildman–Crippen LogP) is 3.23. The largest absolute Gasteiger partial charge is 0.124 e. The number of hydrogen-bond donors (Lipinski definition) is 0. The standard InChI is InChI=1S/C4H8.C3H8.C2H2/c1-2-4-3-1;1-3-2;1-2/h1-4H2;3H2,1-2H3;1-2H. The van der Waals surface area contributed by atoms with Gasteiger partial charge < -0.3 is 0 Å². The summed E-state index contributed by atoms with van der Waals surface area (Å²) in [6.07, 6.45) is 15.2. The Morgan fingerprint density at radius 3 is 1.00 bits per heavy atom. The van der Waals surface area contributed by atoms with Gasteiger partial charge in [-0.1, -0.05) is 46.0 Å². The highest BCUT2D eigenvalue weighted by molar-refractivity contribution is 4.50. The van der Waals surface area contributed by atoms with Gasteiger partial charge in [0, 0.05) is 0 Å². The molecule has 0 N–H and O–H groups in total. The number of terminal acetylenes is 1. The van der Waals surface area contributed by atoms with Gasteiger partial charge in [-0.25, -0.2) is 0 Å². The van der Waals surface area contributed by atoms with Crippen LogP contribution in [0.4, 0.5) is 0 Å². The molecule has 0 saturated heterocycles. The molecule has 1 rings (SSSR count). The van der Waals surface area contributed by atoms with E-state index in [9.17, 15) is 0 Å². The van der Waals surface area contributed by atoms with Crippen LogP contribution in [-0.4, -0.2) is 0 Å². The van der Waals surface area contributed by atoms with E-state index in [1.165, 1.54) is 32.1 Å². The van der Waals surface area contributed by atoms with E-state index < -0.39 is 0 Å². The lowest BCUT2D eigenvalue weighted by atomic mass is 10.0. The van der Waals surface area contributed by atoms with Crippen LogP contribution < -0.4 is 0 Å². The van der Waals surface area contributed by atoms with Crippen molar-refractivity contribution in [3.8, 4) is 12.8 Å². The zero-order valence-electron chi connectivity index (χ0n) is 6.69. The van der Waals surface area contributed by atoms with Crippen LogP contribution in [0.5, 0.6) is 0 Å². The summed E-state index contributed by atoms with van der Waals surface area (Å²) in [4.78, 5) is 0. The van der Waals surface area contributed by atoms with Crippen LogP contribution in [0, 0.1) is 12.8 Å². The molecule has 1 aliphatic carbocycles. The number of hydrogen-bond acceptors (Lipinski definition) is 0. The Labute approximate surface area is 59.7 Å². The molecule has 0 spiro atoms. The summed E-state index contributed by atoms with van der Waals surface area (Å²) in [5.74, 6) is 0. The van der Waals surface area contributed by atoms with E-state index in [2.05, 4.69) is 26.7 Å². The molecule has 1 fully saturated rings. The van der Waals surface area contributed by atoms with E-state index in [1.807, 2.05) is 0 Å². The van der Waals surface area contributed by atoms with Crippen LogP contribution in [0.1, 0.15) is 46.0 Å². The second-order valence-corrected chi connectivity index (χ2v) is 2.12. The van der Waals surface area contributed by atoms with Crippen molar-refractivity contribution in [2.24, 2.45) is 0 Å². The SMILES string of the molecule is C#C.C1CCC1.CCC. The minimum Gasteiger partial charge on any atom is -0.124 e. The van der Waals surface area contributed by atoms with E-state index >= 15 is 0 Å². The van der Waals surface area contributed by atoms with Crippen molar-refractivity contribution in [2.45, 2.75) is 46.0 Å². The van der Waals surface area contributed by atoms with Gasteiger partial charge in [0.25, 0.3) is 0 Å². The fraction of sp³-hybridized carbons (Fsp3) is 0.778. The first-order valence-corrected chi connectivity index (χ1v) is 3.75. The smallest absolute Gasteiger partial charge is 0.0533 e. The fourth-order valence-corrected chi connectivity index (χ4v) is 0.250. The lowest BCUT2D eigenvalue weighted by molar-refractivity contribution is 0.504. The summed E-state index contributed by atoms with van der Waals surface area (Å²) in [6, 6.07) is 0. The molecule has 1 saturated carbocycles. The van der Waals surface area contributed by atoms with E-state index in [0.717, 1.165) is 0 Å². The molecule has 9 heavy (non-hydrogen) atoms. The molecule has 0 radical (unpaired) electrons. The van der Waals surface area contributed by atoms with Gasteiger partial charge in [-0.05, 0) is 0 Å². The first kappa shape index (κ1) is 11.4. The first-order valence-electron chi connectivity index (χ1n) is 3.75. The lowest BCUT2D eigenvalue weighted by Gasteiger charge is -2.05. The Balaban J connectivity index is 0. The molecule has 1 aliphatic rings. The van der Waals surface area contributed by atoms with Gasteiger partial charge in [0.1, 0.15) is 0 Å². The minimum atomic E-state index is 1.25. The second kappa shape index (κ2) is 15.6. The Morgan fingerprint density at radius 2 is 1.00 bits per heavy atom. The maximum absolute atomic E-state index is 4.00. The van der Waals surface area contributed by atoms with Gasteiger partial charge in [0.05, 0.1) is 0 Å². The van der Waals surface area contributed by atoms with E-state index in [1.54, 1.807) is 0 Å². The van der Waals surface area contributed by atoms with Gasteiger partial charge in [-0.3, -0.25) is 0 Å². The quantitative estimate of drug-likeness (QED) is 0.437. The summed E-state index contributed by atoms with van der Waals surface area (Å²) >= 11 is 0. The second-order valence-electron chi connectivity index (χ2n) is 2.12. The zero-order chi connectivity index (χ0) is 7.54. The molecular formula is C9H18. The Kier molecular flexibility index (Phi) is 19.8. The van der Waals surface area contributed by atoms with Gasteiger partial charge in [-0.15, -0.1) is 12.8 Å². The molecule has 0 nitrogen and oxygen atoms in total. The molecule has 0 aromatic heterocycles. The molecule has 54 valence electrons. The molecule has 0 aliphatic heterocycles. The van der Waals surface area contributed by atoms with E-state index in [0.29, 0.717) is 0 Å². The van der Waals surface area contributed by atoms with Crippen LogP contribution >= 0.6 is 0 Å². The minimum absolute atomic E-state index is 1.25. The third-order valence-electron chi connectivity index (χ3n) is 1.000. The van der Waals surface area contributed by atoms with Gasteiger partial charge in [-0.2, -0.15) is 0 Å². The molecule has 0 atom stereocenters. The molecule has 0 heteroatoms. The summed E-state index contributed by atoms with van der Waals surface area (Å²) in [7, 11) is 0. The van der Waals surface area contributed by atoms with Crippen molar-refractivity contribution in [2.75, 3.05) is 0 Å². The van der Waals surface area contributed by atoms with Crippen molar-refractivity contribution in [1.82, 2.24) is 0 Å². The van der Waals surface area contributed by atoms with Crippen LogP contribution in [0.2, 0.25) is 0 Å². The number of rotatable bonds is 0. The molecule has 0 aromatic rings. The maximum atomic E-state index is 4.00. The summed E-state index contributed by atoms with van der Waals surface area (Å²) in [5, 5.41) is 0. The van der Waals surface area contributed by atoms with Crippen molar-refractivity contribution in [3.63, 3.8) is 0 Å². The van der Waals surface area contributed by atoms with E-state index in [4.69, 9.17) is 0 Å². The average molecular weight is 126 g/mol. The van der Waals surface area contributed by atoms with E-state index in [-0.39, 0.29) is 0 Å². The van der Waals surface area contributed by atoms with Crippen LogP contribution in [0.25, 0.3) is 0 Å². The van der Waals surface area contributed by atoms with Crippen LogP contribution in [-0.2, 0) is 0 Å². The van der Waals surface area contributed by atoms with Crippen molar-refractivity contribution >= 4 is 0 Å². The lowest BCUT2D eigenvalue weighted by Crippen LogP contribution is -1.85. The normalized spacial score (nSPS) is 12.9. The molecule has 0 amide bonds. The first-order chi connectivity index (χ1) is 4.41. The highest BCUT2D eigenvalue weighted by atomic mass is 14.0.